The number of nitrogens with zero attached hydrogens (tertiary/aromatic N) is 1. The van der Waals surface area contributed by atoms with Crippen LogP contribution in [0.3, 0.4) is 0 Å². The Morgan fingerprint density at radius 2 is 1.96 bits per heavy atom. The van der Waals surface area contributed by atoms with Crippen molar-refractivity contribution in [3.63, 3.8) is 0 Å². The fraction of sp³-hybridized carbons (Fsp3) is 0.647. The fourth-order valence-electron chi connectivity index (χ4n) is 3.39. The zero-order valence-corrected chi connectivity index (χ0v) is 14.6. The van der Waals surface area contributed by atoms with E-state index in [1.807, 2.05) is 21.7 Å². The number of nitrogens with two attached hydrogens (primary N) is 1. The second kappa shape index (κ2) is 8.09. The number of amides is 2. The predicted molar refractivity (Wildman–Crippen MR) is 92.9 cm³/mol. The molecule has 1 unspecified atom stereocenters. The molecular formula is C17H25N3O3S. The van der Waals surface area contributed by atoms with Crippen molar-refractivity contribution in [2.75, 3.05) is 26.3 Å². The predicted octanol–water partition coefficient (Wildman–Crippen LogP) is 1.22. The Kier molecular flexibility index (Phi) is 5.86. The molecule has 2 aliphatic rings. The molecule has 1 atom stereocenters. The minimum absolute atomic E-state index is 0.0278. The van der Waals surface area contributed by atoms with Crippen LogP contribution in [0, 0.1) is 5.92 Å². The maximum absolute atomic E-state index is 12.6. The summed E-state index contributed by atoms with van der Waals surface area (Å²) in [4.78, 5) is 26.5. The van der Waals surface area contributed by atoms with Crippen molar-refractivity contribution in [2.45, 2.75) is 37.8 Å². The maximum atomic E-state index is 12.6. The number of piperidine rings is 1. The maximum Gasteiger partial charge on any atom is 0.252 e. The lowest BCUT2D eigenvalue weighted by Gasteiger charge is -2.36. The molecule has 0 saturated carbocycles. The van der Waals surface area contributed by atoms with Crippen molar-refractivity contribution in [1.82, 2.24) is 10.2 Å². The average Bonchev–Trinajstić information content (AvgIpc) is 3.17. The van der Waals surface area contributed by atoms with Gasteiger partial charge in [0.2, 0.25) is 5.91 Å². The van der Waals surface area contributed by atoms with Crippen LogP contribution in [0.5, 0.6) is 0 Å². The number of ether oxygens (including phenoxy) is 1. The van der Waals surface area contributed by atoms with E-state index in [1.165, 1.54) is 11.3 Å². The Morgan fingerprint density at radius 3 is 2.58 bits per heavy atom. The molecule has 24 heavy (non-hydrogen) atoms. The van der Waals surface area contributed by atoms with Gasteiger partial charge in [-0.05, 0) is 43.0 Å². The van der Waals surface area contributed by atoms with E-state index in [1.54, 1.807) is 0 Å². The smallest absolute Gasteiger partial charge is 0.252 e. The Labute approximate surface area is 146 Å². The highest BCUT2D eigenvalue weighted by Gasteiger charge is 2.32. The highest BCUT2D eigenvalue weighted by atomic mass is 32.1. The van der Waals surface area contributed by atoms with E-state index in [2.05, 4.69) is 5.32 Å². The van der Waals surface area contributed by atoms with Crippen molar-refractivity contribution >= 4 is 23.2 Å². The van der Waals surface area contributed by atoms with Crippen LogP contribution in [-0.2, 0) is 9.53 Å². The molecule has 132 valence electrons. The van der Waals surface area contributed by atoms with E-state index in [0.29, 0.717) is 31.9 Å². The van der Waals surface area contributed by atoms with Gasteiger partial charge in [0.05, 0.1) is 6.04 Å². The number of thiophene rings is 1. The molecule has 2 saturated heterocycles. The summed E-state index contributed by atoms with van der Waals surface area (Å²) in [7, 11) is 0. The molecule has 6 nitrogen and oxygen atoms in total. The second-order valence-corrected chi connectivity index (χ2v) is 7.34. The zero-order chi connectivity index (χ0) is 16.9. The van der Waals surface area contributed by atoms with Gasteiger partial charge in [-0.15, -0.1) is 0 Å². The molecule has 7 heteroatoms. The van der Waals surface area contributed by atoms with Crippen LogP contribution in [-0.4, -0.2) is 55.1 Å². The minimum atomic E-state index is -0.425. The summed E-state index contributed by atoms with van der Waals surface area (Å²) >= 11 is 1.51. The summed E-state index contributed by atoms with van der Waals surface area (Å²) < 4.78 is 5.34. The van der Waals surface area contributed by atoms with Gasteiger partial charge in [-0.1, -0.05) is 0 Å². The summed E-state index contributed by atoms with van der Waals surface area (Å²) in [6, 6.07) is 1.53. The van der Waals surface area contributed by atoms with Crippen molar-refractivity contribution in [1.29, 1.82) is 0 Å². The Bertz CT molecular complexity index is 549. The summed E-state index contributed by atoms with van der Waals surface area (Å²) in [6.07, 6.45) is 3.28. The van der Waals surface area contributed by atoms with Gasteiger partial charge in [0.15, 0.2) is 0 Å². The highest BCUT2D eigenvalue weighted by molar-refractivity contribution is 7.08. The van der Waals surface area contributed by atoms with Crippen molar-refractivity contribution in [2.24, 2.45) is 11.7 Å². The Hall–Kier alpha value is -1.44. The lowest BCUT2D eigenvalue weighted by molar-refractivity contribution is -0.135. The number of carbonyl (C=O) groups is 2. The lowest BCUT2D eigenvalue weighted by atomic mass is 9.91. The number of nitrogens with one attached hydrogen (secondary N) is 1. The van der Waals surface area contributed by atoms with Crippen LogP contribution in [0.4, 0.5) is 0 Å². The van der Waals surface area contributed by atoms with Crippen LogP contribution in [0.1, 0.15) is 36.0 Å². The SMILES string of the molecule is NC(C(=O)N1CCC(NC(=O)c2ccsc2)CC1)C1CCOCC1. The molecule has 1 aromatic rings. The molecule has 3 heterocycles. The average molecular weight is 351 g/mol. The number of carbonyl (C=O) groups excluding carboxylic acids is 2. The monoisotopic (exact) mass is 351 g/mol. The first-order chi connectivity index (χ1) is 11.6. The van der Waals surface area contributed by atoms with Crippen molar-refractivity contribution < 1.29 is 14.3 Å². The van der Waals surface area contributed by atoms with E-state index in [-0.39, 0.29) is 23.8 Å². The quantitative estimate of drug-likeness (QED) is 0.854. The first-order valence-corrected chi connectivity index (χ1v) is 9.54. The molecule has 2 amide bonds. The van der Waals surface area contributed by atoms with Crippen molar-refractivity contribution in [3.05, 3.63) is 22.4 Å². The van der Waals surface area contributed by atoms with Gasteiger partial charge in [0.1, 0.15) is 0 Å². The van der Waals surface area contributed by atoms with Gasteiger partial charge in [-0.3, -0.25) is 9.59 Å². The standard InChI is InChI=1S/C17H25N3O3S/c18-15(12-3-8-23-9-4-12)17(22)20-6-1-14(2-7-20)19-16(21)13-5-10-24-11-13/h5,10-12,14-15H,1-4,6-9,18H2,(H,19,21). The molecule has 3 N–H and O–H groups in total. The van der Waals surface area contributed by atoms with Crippen LogP contribution < -0.4 is 11.1 Å². The summed E-state index contributed by atoms with van der Waals surface area (Å²) in [5.41, 5.74) is 6.90. The summed E-state index contributed by atoms with van der Waals surface area (Å²) in [5, 5.41) is 6.80. The molecular weight excluding hydrogens is 326 g/mol. The number of likely N-dealkylation sites (tertiary alicyclic amines) is 1. The van der Waals surface area contributed by atoms with E-state index >= 15 is 0 Å². The van der Waals surface area contributed by atoms with Crippen LogP contribution in [0.15, 0.2) is 16.8 Å². The van der Waals surface area contributed by atoms with Crippen LogP contribution >= 0.6 is 11.3 Å². The first-order valence-electron chi connectivity index (χ1n) is 8.60. The van der Waals surface area contributed by atoms with Gasteiger partial charge in [0, 0.05) is 43.3 Å². The van der Waals surface area contributed by atoms with Gasteiger partial charge in [-0.25, -0.2) is 0 Å². The minimum Gasteiger partial charge on any atom is -0.381 e. The largest absolute Gasteiger partial charge is 0.381 e. The molecule has 0 bridgehead atoms. The van der Waals surface area contributed by atoms with E-state index in [9.17, 15) is 9.59 Å². The van der Waals surface area contributed by atoms with E-state index in [0.717, 1.165) is 25.7 Å². The molecule has 2 fully saturated rings. The van der Waals surface area contributed by atoms with E-state index in [4.69, 9.17) is 10.5 Å². The van der Waals surface area contributed by atoms with E-state index < -0.39 is 6.04 Å². The molecule has 0 radical (unpaired) electrons. The van der Waals surface area contributed by atoms with Gasteiger partial charge in [0.25, 0.3) is 5.91 Å². The highest BCUT2D eigenvalue weighted by Crippen LogP contribution is 2.21. The Morgan fingerprint density at radius 1 is 1.25 bits per heavy atom. The third-order valence-electron chi connectivity index (χ3n) is 4.98. The second-order valence-electron chi connectivity index (χ2n) is 6.56. The normalized spacial score (nSPS) is 21.5. The summed E-state index contributed by atoms with van der Waals surface area (Å²) in [5.74, 6) is 0.242. The molecule has 2 aliphatic heterocycles. The van der Waals surface area contributed by atoms with Gasteiger partial charge >= 0.3 is 0 Å². The number of hydrogen-bond donors (Lipinski definition) is 2. The number of rotatable bonds is 4. The molecule has 0 spiro atoms. The van der Waals surface area contributed by atoms with Crippen LogP contribution in [0.25, 0.3) is 0 Å². The van der Waals surface area contributed by atoms with Gasteiger partial charge < -0.3 is 20.7 Å². The first kappa shape index (κ1) is 17.4. The third kappa shape index (κ3) is 4.15. The van der Waals surface area contributed by atoms with Crippen molar-refractivity contribution in [3.8, 4) is 0 Å². The Balaban J connectivity index is 1.45. The molecule has 0 aromatic carbocycles. The van der Waals surface area contributed by atoms with Gasteiger partial charge in [-0.2, -0.15) is 11.3 Å². The lowest BCUT2D eigenvalue weighted by Crippen LogP contribution is -2.53. The van der Waals surface area contributed by atoms with Crippen LogP contribution in [0.2, 0.25) is 0 Å². The summed E-state index contributed by atoms with van der Waals surface area (Å²) in [6.45, 7) is 2.71. The molecule has 3 rings (SSSR count). The fourth-order valence-corrected chi connectivity index (χ4v) is 4.03. The topological polar surface area (TPSA) is 84.7 Å². The third-order valence-corrected chi connectivity index (χ3v) is 5.67. The molecule has 0 aliphatic carbocycles. The molecule has 1 aromatic heterocycles. The number of hydrogen-bond acceptors (Lipinski definition) is 5. The zero-order valence-electron chi connectivity index (χ0n) is 13.8.